The zero-order valence-corrected chi connectivity index (χ0v) is 14.6. The number of nitrogens with one attached hydrogen (secondary N) is 2. The van der Waals surface area contributed by atoms with Gasteiger partial charge in [-0.2, -0.15) is 0 Å². The van der Waals surface area contributed by atoms with Crippen molar-refractivity contribution >= 4 is 33.2 Å². The van der Waals surface area contributed by atoms with Crippen LogP contribution < -0.4 is 10.0 Å². The molecule has 0 atom stereocenters. The van der Waals surface area contributed by atoms with Gasteiger partial charge in [0.15, 0.2) is 0 Å². The Labute approximate surface area is 149 Å². The molecule has 0 aliphatic heterocycles. The molecule has 1 amide bonds. The van der Waals surface area contributed by atoms with E-state index in [9.17, 15) is 17.6 Å². The van der Waals surface area contributed by atoms with Gasteiger partial charge in [0, 0.05) is 18.8 Å². The van der Waals surface area contributed by atoms with Crippen molar-refractivity contribution < 1.29 is 22.7 Å². The molecule has 0 aliphatic rings. The summed E-state index contributed by atoms with van der Waals surface area (Å²) in [5.41, 5.74) is 0.187. The number of hydrogen-bond acceptors (Lipinski definition) is 4. The van der Waals surface area contributed by atoms with E-state index in [0.29, 0.717) is 6.42 Å². The number of benzene rings is 2. The lowest BCUT2D eigenvalue weighted by molar-refractivity contribution is 0.0951. The number of rotatable bonds is 7. The van der Waals surface area contributed by atoms with E-state index in [1.807, 2.05) is 0 Å². The number of anilines is 1. The van der Waals surface area contributed by atoms with Crippen LogP contribution in [0.15, 0.2) is 47.4 Å². The highest BCUT2D eigenvalue weighted by Crippen LogP contribution is 2.22. The van der Waals surface area contributed by atoms with Gasteiger partial charge >= 0.3 is 0 Å². The van der Waals surface area contributed by atoms with Crippen molar-refractivity contribution in [3.63, 3.8) is 0 Å². The van der Waals surface area contributed by atoms with Crippen molar-refractivity contribution in [1.82, 2.24) is 5.32 Å². The van der Waals surface area contributed by atoms with Gasteiger partial charge in [-0.15, -0.1) is 0 Å². The van der Waals surface area contributed by atoms with Crippen LogP contribution >= 0.6 is 11.6 Å². The van der Waals surface area contributed by atoms with Gasteiger partial charge in [-0.25, -0.2) is 12.8 Å². The molecule has 0 heterocycles. The molecule has 2 aromatic carbocycles. The number of amides is 1. The van der Waals surface area contributed by atoms with Gasteiger partial charge in [-0.3, -0.25) is 9.52 Å². The molecule has 2 rings (SSSR count). The molecule has 0 aromatic heterocycles. The van der Waals surface area contributed by atoms with E-state index in [1.54, 1.807) is 0 Å². The van der Waals surface area contributed by atoms with E-state index in [0.717, 1.165) is 18.2 Å². The van der Waals surface area contributed by atoms with Crippen molar-refractivity contribution in [3.8, 4) is 0 Å². The molecule has 0 aliphatic carbocycles. The summed E-state index contributed by atoms with van der Waals surface area (Å²) in [6.45, 7) is 0.153. The smallest absolute Gasteiger partial charge is 0.261 e. The average Bonchev–Trinajstić information content (AvgIpc) is 2.57. The normalized spacial score (nSPS) is 11.2. The fourth-order valence-electron chi connectivity index (χ4n) is 1.95. The summed E-state index contributed by atoms with van der Waals surface area (Å²) in [5, 5.41) is 11.4. The Morgan fingerprint density at radius 3 is 2.48 bits per heavy atom. The van der Waals surface area contributed by atoms with Gasteiger partial charge in [0.25, 0.3) is 15.9 Å². The van der Waals surface area contributed by atoms with Gasteiger partial charge in [0.1, 0.15) is 5.82 Å². The van der Waals surface area contributed by atoms with Crippen molar-refractivity contribution in [2.75, 3.05) is 17.9 Å². The van der Waals surface area contributed by atoms with Crippen LogP contribution in [0.25, 0.3) is 0 Å². The molecule has 134 valence electrons. The van der Waals surface area contributed by atoms with Gasteiger partial charge in [-0.1, -0.05) is 11.6 Å². The minimum absolute atomic E-state index is 0.00147. The van der Waals surface area contributed by atoms with Crippen LogP contribution in [-0.4, -0.2) is 32.6 Å². The molecule has 2 aromatic rings. The summed E-state index contributed by atoms with van der Waals surface area (Å²) in [7, 11) is -3.98. The summed E-state index contributed by atoms with van der Waals surface area (Å²) in [4.78, 5) is 11.9. The summed E-state index contributed by atoms with van der Waals surface area (Å²) in [5.74, 6) is -1.03. The van der Waals surface area contributed by atoms with Crippen LogP contribution in [0.1, 0.15) is 16.8 Å². The second-order valence-electron chi connectivity index (χ2n) is 5.09. The molecule has 0 spiro atoms. The maximum Gasteiger partial charge on any atom is 0.261 e. The molecular formula is C16H16ClFN2O4S. The summed E-state index contributed by atoms with van der Waals surface area (Å²) < 4.78 is 40.0. The first-order valence-corrected chi connectivity index (χ1v) is 9.16. The molecule has 0 saturated carbocycles. The number of halogens is 2. The first-order chi connectivity index (χ1) is 11.8. The van der Waals surface area contributed by atoms with E-state index >= 15 is 0 Å². The predicted octanol–water partition coefficient (Wildman–Crippen LogP) is 2.39. The third-order valence-electron chi connectivity index (χ3n) is 3.21. The Kier molecular flexibility index (Phi) is 6.35. The molecular weight excluding hydrogens is 371 g/mol. The molecule has 0 bridgehead atoms. The molecule has 9 heteroatoms. The molecule has 6 nitrogen and oxygen atoms in total. The SMILES string of the molecule is O=C(NCCCO)c1cc(S(=O)(=O)Nc2ccc(F)cc2)ccc1Cl. The number of sulfonamides is 1. The second-order valence-corrected chi connectivity index (χ2v) is 7.18. The van der Waals surface area contributed by atoms with E-state index in [1.165, 1.54) is 24.3 Å². The lowest BCUT2D eigenvalue weighted by Crippen LogP contribution is -2.25. The fourth-order valence-corrected chi connectivity index (χ4v) is 3.24. The highest BCUT2D eigenvalue weighted by Gasteiger charge is 2.19. The van der Waals surface area contributed by atoms with Crippen LogP contribution in [0.4, 0.5) is 10.1 Å². The second kappa shape index (κ2) is 8.28. The Hall–Kier alpha value is -2.16. The highest BCUT2D eigenvalue weighted by molar-refractivity contribution is 7.92. The van der Waals surface area contributed by atoms with Crippen LogP contribution in [0, 0.1) is 5.82 Å². The van der Waals surface area contributed by atoms with Gasteiger partial charge in [-0.05, 0) is 48.9 Å². The van der Waals surface area contributed by atoms with Crippen molar-refractivity contribution in [2.24, 2.45) is 0 Å². The van der Waals surface area contributed by atoms with E-state index in [-0.39, 0.29) is 34.3 Å². The van der Waals surface area contributed by atoms with Crippen LogP contribution in [0.2, 0.25) is 5.02 Å². The first-order valence-electron chi connectivity index (χ1n) is 7.30. The largest absolute Gasteiger partial charge is 0.396 e. The van der Waals surface area contributed by atoms with Crippen molar-refractivity contribution in [1.29, 1.82) is 0 Å². The van der Waals surface area contributed by atoms with Crippen LogP contribution in [0.3, 0.4) is 0 Å². The number of aliphatic hydroxyl groups is 1. The molecule has 3 N–H and O–H groups in total. The van der Waals surface area contributed by atoms with E-state index < -0.39 is 21.7 Å². The number of carbonyl (C=O) groups is 1. The minimum atomic E-state index is -3.98. The van der Waals surface area contributed by atoms with Gasteiger partial charge in [0.2, 0.25) is 0 Å². The summed E-state index contributed by atoms with van der Waals surface area (Å²) >= 11 is 5.96. The minimum Gasteiger partial charge on any atom is -0.396 e. The summed E-state index contributed by atoms with van der Waals surface area (Å²) in [6, 6.07) is 8.54. The number of carbonyl (C=O) groups excluding carboxylic acids is 1. The number of hydrogen-bond donors (Lipinski definition) is 3. The highest BCUT2D eigenvalue weighted by atomic mass is 35.5. The van der Waals surface area contributed by atoms with E-state index in [2.05, 4.69) is 10.0 Å². The quantitative estimate of drug-likeness (QED) is 0.637. The predicted molar refractivity (Wildman–Crippen MR) is 92.7 cm³/mol. The number of aliphatic hydroxyl groups excluding tert-OH is 1. The third-order valence-corrected chi connectivity index (χ3v) is 4.92. The molecule has 0 saturated heterocycles. The van der Waals surface area contributed by atoms with Crippen LogP contribution in [-0.2, 0) is 10.0 Å². The third kappa shape index (κ3) is 5.15. The maximum atomic E-state index is 12.9. The lowest BCUT2D eigenvalue weighted by Gasteiger charge is -2.11. The Bertz CT molecular complexity index is 857. The average molecular weight is 387 g/mol. The monoisotopic (exact) mass is 386 g/mol. The first kappa shape index (κ1) is 19.2. The van der Waals surface area contributed by atoms with Crippen LogP contribution in [0.5, 0.6) is 0 Å². The lowest BCUT2D eigenvalue weighted by atomic mass is 10.2. The Balaban J connectivity index is 2.24. The van der Waals surface area contributed by atoms with Gasteiger partial charge in [0.05, 0.1) is 15.5 Å². The molecule has 0 unspecified atom stereocenters. The zero-order valence-electron chi connectivity index (χ0n) is 13.0. The maximum absolute atomic E-state index is 12.9. The molecule has 0 radical (unpaired) electrons. The zero-order chi connectivity index (χ0) is 18.4. The standard InChI is InChI=1S/C16H16ClFN2O4S/c17-15-7-6-13(10-14(15)16(22)19-8-1-9-21)25(23,24)20-12-4-2-11(18)3-5-12/h2-7,10,20-21H,1,8-9H2,(H,19,22). The van der Waals surface area contributed by atoms with Crippen molar-refractivity contribution in [2.45, 2.75) is 11.3 Å². The summed E-state index contributed by atoms with van der Waals surface area (Å²) in [6.07, 6.45) is 0.369. The topological polar surface area (TPSA) is 95.5 Å². The van der Waals surface area contributed by atoms with E-state index in [4.69, 9.17) is 16.7 Å². The molecule has 0 fully saturated rings. The Morgan fingerprint density at radius 2 is 1.84 bits per heavy atom. The van der Waals surface area contributed by atoms with Crippen molar-refractivity contribution in [3.05, 3.63) is 58.9 Å². The van der Waals surface area contributed by atoms with Gasteiger partial charge < -0.3 is 10.4 Å². The molecule has 25 heavy (non-hydrogen) atoms. The Morgan fingerprint density at radius 1 is 1.16 bits per heavy atom. The fraction of sp³-hybridized carbons (Fsp3) is 0.188.